The molecule has 0 saturated heterocycles. The van der Waals surface area contributed by atoms with Crippen LogP contribution in [0.15, 0.2) is 140 Å². The second-order valence-corrected chi connectivity index (χ2v) is 16.1. The Morgan fingerprint density at radius 2 is 1.40 bits per heavy atom. The molecule has 1 saturated carbocycles. The first-order chi connectivity index (χ1) is 29.2. The molecule has 6 N–H and O–H groups in total. The van der Waals surface area contributed by atoms with Crippen LogP contribution in [0.4, 0.5) is 0 Å². The highest BCUT2D eigenvalue weighted by atomic mass is 16.3. The van der Waals surface area contributed by atoms with E-state index in [4.69, 9.17) is 5.73 Å². The second kappa shape index (κ2) is 15.9. The predicted molar refractivity (Wildman–Crippen MR) is 248 cm³/mol. The summed E-state index contributed by atoms with van der Waals surface area (Å²) < 4.78 is 2.30. The van der Waals surface area contributed by atoms with Crippen LogP contribution in [-0.4, -0.2) is 19.9 Å². The van der Waals surface area contributed by atoms with E-state index < -0.39 is 5.75 Å². The van der Waals surface area contributed by atoms with Gasteiger partial charge in [0.25, 0.3) is 0 Å². The summed E-state index contributed by atoms with van der Waals surface area (Å²) in [4.78, 5) is 0. The molecule has 2 unspecified atom stereocenters. The Morgan fingerprint density at radius 1 is 0.717 bits per heavy atom. The number of fused-ring (bicyclic) bond motifs is 3. The molecular formula is C54H51N3O3. The first-order valence-corrected chi connectivity index (χ1v) is 21.1. The summed E-state index contributed by atoms with van der Waals surface area (Å²) in [6.07, 6.45) is 5.00. The van der Waals surface area contributed by atoms with Crippen LogP contribution in [0.3, 0.4) is 0 Å². The van der Waals surface area contributed by atoms with Crippen LogP contribution in [0.5, 0.6) is 17.2 Å². The van der Waals surface area contributed by atoms with E-state index in [1.54, 1.807) is 6.08 Å². The number of aromatic nitrogens is 1. The number of benzene rings is 7. The number of para-hydroxylation sites is 1. The molecule has 9 rings (SSSR count). The van der Waals surface area contributed by atoms with Crippen molar-refractivity contribution in [3.05, 3.63) is 173 Å². The van der Waals surface area contributed by atoms with Gasteiger partial charge in [-0.2, -0.15) is 0 Å². The molecule has 6 heteroatoms. The summed E-state index contributed by atoms with van der Waals surface area (Å²) in [5.41, 5.74) is 22.1. The van der Waals surface area contributed by atoms with Crippen molar-refractivity contribution in [1.82, 2.24) is 9.88 Å². The van der Waals surface area contributed by atoms with Gasteiger partial charge in [-0.3, -0.25) is 5.32 Å². The normalized spacial score (nSPS) is 13.8. The smallest absolute Gasteiger partial charge is 0.201 e. The number of nitrogens with zero attached hydrogens (tertiary/aromatic N) is 1. The molecule has 0 amide bonds. The fraction of sp³-hybridized carbons (Fsp3) is 0.185. The van der Waals surface area contributed by atoms with Gasteiger partial charge in [-0.25, -0.2) is 0 Å². The molecule has 2 atom stereocenters. The average molecular weight is 790 g/mol. The maximum atomic E-state index is 11.0. The molecule has 6 nitrogen and oxygen atoms in total. The lowest BCUT2D eigenvalue weighted by atomic mass is 9.88. The van der Waals surface area contributed by atoms with Gasteiger partial charge in [-0.1, -0.05) is 136 Å². The Bertz CT molecular complexity index is 2910. The van der Waals surface area contributed by atoms with E-state index in [0.29, 0.717) is 29.0 Å². The Balaban J connectivity index is 1.07. The van der Waals surface area contributed by atoms with Crippen molar-refractivity contribution in [2.24, 2.45) is 5.73 Å². The predicted octanol–water partition coefficient (Wildman–Crippen LogP) is 13.0. The molecule has 0 bridgehead atoms. The number of nitrogens with one attached hydrogen (secondary N) is 1. The average Bonchev–Trinajstić information content (AvgIpc) is 4.08. The zero-order chi connectivity index (χ0) is 41.7. The summed E-state index contributed by atoms with van der Waals surface area (Å²) in [6, 6.07) is 47.3. The first-order valence-electron chi connectivity index (χ1n) is 21.1. The third kappa shape index (κ3) is 6.72. The molecule has 0 radical (unpaired) electrons. The highest BCUT2D eigenvalue weighted by Crippen LogP contribution is 2.51. The number of aryl methyl sites for hydroxylation is 1. The van der Waals surface area contributed by atoms with Gasteiger partial charge >= 0.3 is 0 Å². The number of hydrogen-bond acceptors (Lipinski definition) is 5. The Labute approximate surface area is 351 Å². The molecule has 1 aliphatic rings. The van der Waals surface area contributed by atoms with Crippen LogP contribution in [0, 0.1) is 6.92 Å². The molecule has 1 heterocycles. The molecule has 1 fully saturated rings. The van der Waals surface area contributed by atoms with Gasteiger partial charge in [0.1, 0.15) is 0 Å². The number of phenols is 3. The van der Waals surface area contributed by atoms with Crippen molar-refractivity contribution in [2.75, 3.05) is 0 Å². The van der Waals surface area contributed by atoms with Crippen molar-refractivity contribution in [1.29, 1.82) is 0 Å². The van der Waals surface area contributed by atoms with Crippen molar-refractivity contribution in [3.8, 4) is 56.3 Å². The van der Waals surface area contributed by atoms with E-state index in [9.17, 15) is 15.3 Å². The van der Waals surface area contributed by atoms with Crippen LogP contribution in [0.25, 0.3) is 66.9 Å². The molecular weight excluding hydrogens is 739 g/mol. The van der Waals surface area contributed by atoms with Crippen molar-refractivity contribution >= 4 is 27.9 Å². The van der Waals surface area contributed by atoms with Gasteiger partial charge in [-0.15, -0.1) is 0 Å². The maximum Gasteiger partial charge on any atom is 0.201 e. The fourth-order valence-electron chi connectivity index (χ4n) is 9.28. The van der Waals surface area contributed by atoms with Crippen LogP contribution in [0.1, 0.15) is 84.6 Å². The second-order valence-electron chi connectivity index (χ2n) is 16.1. The zero-order valence-electron chi connectivity index (χ0n) is 34.4. The monoisotopic (exact) mass is 789 g/mol. The summed E-state index contributed by atoms with van der Waals surface area (Å²) in [5.74, 6) is -0.674. The van der Waals surface area contributed by atoms with Crippen molar-refractivity contribution in [3.63, 3.8) is 0 Å². The van der Waals surface area contributed by atoms with Crippen molar-refractivity contribution in [2.45, 2.75) is 64.6 Å². The minimum Gasteiger partial charge on any atom is -0.504 e. The van der Waals surface area contributed by atoms with Crippen LogP contribution < -0.4 is 11.1 Å². The van der Waals surface area contributed by atoms with Gasteiger partial charge in [-0.05, 0) is 113 Å². The quantitative estimate of drug-likeness (QED) is 0.0626. The lowest BCUT2D eigenvalue weighted by Crippen LogP contribution is -2.32. The highest BCUT2D eigenvalue weighted by molar-refractivity contribution is 6.17. The SMILES string of the molecule is C=Cc1c(O)c(O)c(O)c(CC)c1-c1cccc2c1c1ccccc1n2-c1ccc(-c2ccc(C(CC)NC(N)c3ccc(-c4ccccc4)cc3)cc2C2CC2)c(C)c1. The van der Waals surface area contributed by atoms with Gasteiger partial charge in [0.2, 0.25) is 5.75 Å². The third-order valence-electron chi connectivity index (χ3n) is 12.5. The Kier molecular flexibility index (Phi) is 10.3. The van der Waals surface area contributed by atoms with E-state index in [1.165, 1.54) is 51.8 Å². The molecule has 1 aromatic heterocycles. The number of aromatic hydroxyl groups is 3. The van der Waals surface area contributed by atoms with Gasteiger partial charge < -0.3 is 25.6 Å². The van der Waals surface area contributed by atoms with E-state index in [2.05, 4.69) is 140 Å². The highest BCUT2D eigenvalue weighted by Gasteiger charge is 2.29. The van der Waals surface area contributed by atoms with Crippen LogP contribution in [0.2, 0.25) is 0 Å². The van der Waals surface area contributed by atoms with E-state index in [1.807, 2.05) is 31.2 Å². The topological polar surface area (TPSA) is 104 Å². The first kappa shape index (κ1) is 38.9. The minimum absolute atomic E-state index is 0.106. The molecule has 0 spiro atoms. The van der Waals surface area contributed by atoms with Gasteiger partial charge in [0.05, 0.1) is 17.2 Å². The number of hydrogen-bond donors (Lipinski definition) is 5. The molecule has 1 aliphatic carbocycles. The summed E-state index contributed by atoms with van der Waals surface area (Å²) in [5, 5.41) is 38.4. The minimum atomic E-state index is -0.526. The maximum absolute atomic E-state index is 11.0. The van der Waals surface area contributed by atoms with Crippen molar-refractivity contribution < 1.29 is 15.3 Å². The molecule has 60 heavy (non-hydrogen) atoms. The van der Waals surface area contributed by atoms with E-state index in [-0.39, 0.29) is 23.7 Å². The van der Waals surface area contributed by atoms with E-state index >= 15 is 0 Å². The molecule has 8 aromatic rings. The largest absolute Gasteiger partial charge is 0.504 e. The lowest BCUT2D eigenvalue weighted by molar-refractivity contribution is 0.365. The fourth-order valence-corrected chi connectivity index (χ4v) is 9.28. The number of rotatable bonds is 12. The molecule has 300 valence electrons. The molecule has 0 aliphatic heterocycles. The van der Waals surface area contributed by atoms with Gasteiger partial charge in [0.15, 0.2) is 11.5 Å². The number of nitrogens with two attached hydrogens (primary N) is 1. The summed E-state index contributed by atoms with van der Waals surface area (Å²) in [6.45, 7) is 10.3. The Hall–Kier alpha value is -6.60. The van der Waals surface area contributed by atoms with E-state index in [0.717, 1.165) is 45.0 Å². The lowest BCUT2D eigenvalue weighted by Gasteiger charge is -2.25. The Morgan fingerprint density at radius 3 is 2.10 bits per heavy atom. The molecule has 7 aromatic carbocycles. The summed E-state index contributed by atoms with van der Waals surface area (Å²) >= 11 is 0. The van der Waals surface area contributed by atoms with Gasteiger partial charge in [0, 0.05) is 39.2 Å². The van der Waals surface area contributed by atoms with Crippen LogP contribution >= 0.6 is 0 Å². The standard InChI is InChI=1S/C54H51N3O3/c1-5-39-49(40(6-2)52(59)53(60)51(39)58)44-17-13-19-48-50(44)43-16-11-12-18-47(43)57(48)38-27-29-41(32(4)30-38)42-28-26-37(31-45(42)35-22-23-35)46(7-3)56-54(55)36-24-20-34(21-25-36)33-14-9-8-10-15-33/h5,8-21,24-31,35,46,54,56,58-60H,1,6-7,22-23,55H2,2-4H3. The summed E-state index contributed by atoms with van der Waals surface area (Å²) in [7, 11) is 0. The third-order valence-corrected chi connectivity index (χ3v) is 12.5. The number of phenolic OH excluding ortho intramolecular Hbond substituents is 3. The van der Waals surface area contributed by atoms with Crippen LogP contribution in [-0.2, 0) is 6.42 Å². The zero-order valence-corrected chi connectivity index (χ0v) is 34.4.